The Morgan fingerprint density at radius 2 is 1.73 bits per heavy atom. The maximum Gasteiger partial charge on any atom is 0.410 e. The second kappa shape index (κ2) is 11.1. The average Bonchev–Trinajstić information content (AvgIpc) is 3.07. The van der Waals surface area contributed by atoms with Crippen LogP contribution in [0.3, 0.4) is 0 Å². The first-order chi connectivity index (χ1) is 17.7. The molecule has 1 saturated heterocycles. The standard InChI is InChI=1S/C25H32ClN7O4/c1-25(2,3)37-24(35)32-13-12-31(23(34)36-16-17-8-5-4-6-9-17)14-18(15-32)33-21-19(26)10-7-11-20(21)28-22(33)29-30-27/h4-11,18,22,28H,12-16H2,1-3H3,(H2,27,29). The van der Waals surface area contributed by atoms with Crippen LogP contribution < -0.4 is 16.1 Å². The van der Waals surface area contributed by atoms with E-state index in [1.54, 1.807) is 15.9 Å². The maximum atomic E-state index is 13.2. The van der Waals surface area contributed by atoms with Gasteiger partial charge in [0, 0.05) is 26.2 Å². The number of anilines is 2. The third-order valence-corrected chi connectivity index (χ3v) is 6.28. The van der Waals surface area contributed by atoms with Gasteiger partial charge in [-0.15, -0.1) is 5.11 Å². The van der Waals surface area contributed by atoms with Gasteiger partial charge in [0.15, 0.2) is 0 Å². The van der Waals surface area contributed by atoms with Gasteiger partial charge in [-0.2, -0.15) is 0 Å². The Kier molecular flexibility index (Phi) is 7.91. The molecule has 198 valence electrons. The molecule has 2 atom stereocenters. The average molecular weight is 530 g/mol. The number of para-hydroxylation sites is 1. The molecule has 37 heavy (non-hydrogen) atoms. The van der Waals surface area contributed by atoms with E-state index in [1.165, 1.54) is 0 Å². The Labute approximate surface area is 221 Å². The monoisotopic (exact) mass is 529 g/mol. The van der Waals surface area contributed by atoms with Crippen molar-refractivity contribution in [2.24, 2.45) is 16.2 Å². The number of benzene rings is 2. The summed E-state index contributed by atoms with van der Waals surface area (Å²) in [5.74, 6) is 5.41. The molecule has 2 unspecified atom stereocenters. The summed E-state index contributed by atoms with van der Waals surface area (Å²) in [7, 11) is 0. The Bertz CT molecular complexity index is 1140. The number of ether oxygens (including phenoxy) is 2. The third kappa shape index (κ3) is 6.34. The van der Waals surface area contributed by atoms with Crippen molar-refractivity contribution in [3.05, 3.63) is 59.1 Å². The normalized spacial score (nSPS) is 19.8. The summed E-state index contributed by atoms with van der Waals surface area (Å²) in [6.45, 7) is 6.61. The molecular formula is C25H32ClN7O4. The lowest BCUT2D eigenvalue weighted by Crippen LogP contribution is -2.52. The minimum atomic E-state index is -0.675. The van der Waals surface area contributed by atoms with Crippen LogP contribution in [-0.2, 0) is 16.1 Å². The number of carbonyl (C=O) groups is 2. The largest absolute Gasteiger partial charge is 0.445 e. The predicted molar refractivity (Wildman–Crippen MR) is 140 cm³/mol. The van der Waals surface area contributed by atoms with Crippen LogP contribution in [0, 0.1) is 0 Å². The zero-order valence-electron chi connectivity index (χ0n) is 21.1. The molecule has 2 aliphatic rings. The molecule has 0 saturated carbocycles. The van der Waals surface area contributed by atoms with Gasteiger partial charge >= 0.3 is 12.2 Å². The lowest BCUT2D eigenvalue weighted by Gasteiger charge is -2.35. The number of rotatable bonds is 4. The van der Waals surface area contributed by atoms with Gasteiger partial charge in [-0.05, 0) is 38.5 Å². The van der Waals surface area contributed by atoms with Crippen LogP contribution in [0.2, 0.25) is 5.02 Å². The summed E-state index contributed by atoms with van der Waals surface area (Å²) in [4.78, 5) is 31.3. The van der Waals surface area contributed by atoms with E-state index in [0.29, 0.717) is 10.7 Å². The number of nitrogens with one attached hydrogen (secondary N) is 1. The van der Waals surface area contributed by atoms with Crippen LogP contribution in [0.15, 0.2) is 58.9 Å². The van der Waals surface area contributed by atoms with Crippen molar-refractivity contribution >= 4 is 35.2 Å². The van der Waals surface area contributed by atoms with Gasteiger partial charge in [-0.25, -0.2) is 9.59 Å². The zero-order chi connectivity index (χ0) is 26.6. The first kappa shape index (κ1) is 26.3. The Hall–Kier alpha value is -3.73. The SMILES string of the molecule is CC(C)(C)OC(=O)N1CCN(C(=O)OCc2ccccc2)CC(N2c3c(Cl)cccc3NC2N=NN)C1. The number of hydrogen-bond donors (Lipinski definition) is 2. The summed E-state index contributed by atoms with van der Waals surface area (Å²) >= 11 is 6.60. The molecule has 12 heteroatoms. The molecule has 0 aromatic heterocycles. The second-order valence-electron chi connectivity index (χ2n) is 9.86. The fraction of sp³-hybridized carbons (Fsp3) is 0.440. The van der Waals surface area contributed by atoms with Gasteiger partial charge in [0.1, 0.15) is 12.2 Å². The Morgan fingerprint density at radius 1 is 1.05 bits per heavy atom. The minimum absolute atomic E-state index is 0.139. The Balaban J connectivity index is 1.62. The molecule has 2 aromatic rings. The summed E-state index contributed by atoms with van der Waals surface area (Å²) in [6.07, 6.45) is -1.63. The zero-order valence-corrected chi connectivity index (χ0v) is 21.9. The van der Waals surface area contributed by atoms with Crippen molar-refractivity contribution < 1.29 is 19.1 Å². The van der Waals surface area contributed by atoms with Crippen LogP contribution in [-0.4, -0.2) is 66.1 Å². The van der Waals surface area contributed by atoms with E-state index < -0.39 is 30.1 Å². The summed E-state index contributed by atoms with van der Waals surface area (Å²) in [5.41, 5.74) is 1.64. The van der Waals surface area contributed by atoms with Gasteiger partial charge in [0.2, 0.25) is 6.29 Å². The van der Waals surface area contributed by atoms with Gasteiger partial charge in [0.25, 0.3) is 0 Å². The van der Waals surface area contributed by atoms with E-state index in [9.17, 15) is 9.59 Å². The molecule has 4 rings (SSSR count). The van der Waals surface area contributed by atoms with Crippen molar-refractivity contribution in [2.45, 2.75) is 45.3 Å². The number of fused-ring (bicyclic) bond motifs is 1. The molecule has 3 N–H and O–H groups in total. The number of nitrogens with two attached hydrogens (primary N) is 1. The van der Waals surface area contributed by atoms with Crippen LogP contribution in [0.4, 0.5) is 21.0 Å². The molecular weight excluding hydrogens is 498 g/mol. The van der Waals surface area contributed by atoms with E-state index in [4.69, 9.17) is 26.9 Å². The lowest BCUT2D eigenvalue weighted by atomic mass is 10.2. The lowest BCUT2D eigenvalue weighted by molar-refractivity contribution is 0.0248. The van der Waals surface area contributed by atoms with E-state index in [-0.39, 0.29) is 32.8 Å². The first-order valence-electron chi connectivity index (χ1n) is 12.0. The first-order valence-corrected chi connectivity index (χ1v) is 12.4. The Morgan fingerprint density at radius 3 is 2.38 bits per heavy atom. The van der Waals surface area contributed by atoms with Crippen molar-refractivity contribution in [1.29, 1.82) is 0 Å². The van der Waals surface area contributed by atoms with Crippen molar-refractivity contribution in [3.63, 3.8) is 0 Å². The molecule has 11 nitrogen and oxygen atoms in total. The minimum Gasteiger partial charge on any atom is -0.445 e. The summed E-state index contributed by atoms with van der Waals surface area (Å²) < 4.78 is 11.3. The maximum absolute atomic E-state index is 13.2. The highest BCUT2D eigenvalue weighted by atomic mass is 35.5. The highest BCUT2D eigenvalue weighted by molar-refractivity contribution is 6.34. The summed E-state index contributed by atoms with van der Waals surface area (Å²) in [5, 5.41) is 11.4. The van der Waals surface area contributed by atoms with Crippen LogP contribution in [0.5, 0.6) is 0 Å². The van der Waals surface area contributed by atoms with E-state index in [2.05, 4.69) is 15.7 Å². The molecule has 2 aliphatic heterocycles. The molecule has 0 bridgehead atoms. The fourth-order valence-corrected chi connectivity index (χ4v) is 4.66. The van der Waals surface area contributed by atoms with Gasteiger partial charge in [0.05, 0.1) is 22.4 Å². The molecule has 2 aromatic carbocycles. The van der Waals surface area contributed by atoms with Crippen molar-refractivity contribution in [1.82, 2.24) is 9.80 Å². The molecule has 0 radical (unpaired) electrons. The molecule has 0 spiro atoms. The summed E-state index contributed by atoms with van der Waals surface area (Å²) in [6, 6.07) is 14.5. The second-order valence-corrected chi connectivity index (χ2v) is 10.3. The van der Waals surface area contributed by atoms with E-state index >= 15 is 0 Å². The van der Waals surface area contributed by atoms with Gasteiger partial charge < -0.3 is 35.3 Å². The van der Waals surface area contributed by atoms with Gasteiger partial charge in [-0.1, -0.05) is 53.2 Å². The van der Waals surface area contributed by atoms with Crippen molar-refractivity contribution in [3.8, 4) is 0 Å². The highest BCUT2D eigenvalue weighted by Gasteiger charge is 2.41. The topological polar surface area (TPSA) is 125 Å². The highest BCUT2D eigenvalue weighted by Crippen LogP contribution is 2.42. The van der Waals surface area contributed by atoms with Crippen LogP contribution in [0.1, 0.15) is 26.3 Å². The molecule has 2 amide bonds. The number of carbonyl (C=O) groups excluding carboxylic acids is 2. The number of hydrogen-bond acceptors (Lipinski definition) is 8. The number of nitrogens with zero attached hydrogens (tertiary/aromatic N) is 5. The van der Waals surface area contributed by atoms with Crippen LogP contribution >= 0.6 is 11.6 Å². The molecule has 2 heterocycles. The van der Waals surface area contributed by atoms with E-state index in [0.717, 1.165) is 11.3 Å². The number of halogens is 1. The fourth-order valence-electron chi connectivity index (χ4n) is 4.39. The smallest absolute Gasteiger partial charge is 0.410 e. The van der Waals surface area contributed by atoms with Crippen LogP contribution in [0.25, 0.3) is 0 Å². The van der Waals surface area contributed by atoms with Crippen molar-refractivity contribution in [2.75, 3.05) is 36.4 Å². The quantitative estimate of drug-likeness (QED) is 0.340. The molecule has 1 fully saturated rings. The third-order valence-electron chi connectivity index (χ3n) is 5.98. The number of amides is 2. The van der Waals surface area contributed by atoms with Gasteiger partial charge in [-0.3, -0.25) is 0 Å². The molecule has 0 aliphatic carbocycles. The predicted octanol–water partition coefficient (Wildman–Crippen LogP) is 4.44. The van der Waals surface area contributed by atoms with E-state index in [1.807, 2.05) is 68.1 Å².